The van der Waals surface area contributed by atoms with Gasteiger partial charge in [-0.3, -0.25) is 9.69 Å². The lowest BCUT2D eigenvalue weighted by molar-refractivity contribution is -0.119. The topological polar surface area (TPSA) is 56.6 Å². The van der Waals surface area contributed by atoms with Gasteiger partial charge in [-0.05, 0) is 44.3 Å². The minimum atomic E-state index is -0.366. The predicted molar refractivity (Wildman–Crippen MR) is 103 cm³/mol. The van der Waals surface area contributed by atoms with Gasteiger partial charge in [0.05, 0.1) is 26.1 Å². The number of carbonyl (C=O) groups is 1. The lowest BCUT2D eigenvalue weighted by atomic mass is 10.1. The Bertz CT molecular complexity index is 815. The van der Waals surface area contributed by atoms with Crippen LogP contribution in [0.5, 0.6) is 5.75 Å². The van der Waals surface area contributed by atoms with Crippen LogP contribution in [-0.2, 0) is 11.3 Å². The van der Waals surface area contributed by atoms with Crippen molar-refractivity contribution in [2.45, 2.75) is 19.9 Å². The van der Waals surface area contributed by atoms with Crippen LogP contribution in [-0.4, -0.2) is 38.1 Å². The number of halogens is 1. The maximum absolute atomic E-state index is 13.2. The Morgan fingerprint density at radius 3 is 2.56 bits per heavy atom. The molecule has 0 saturated carbocycles. The largest absolute Gasteiger partial charge is 0.496 e. The summed E-state index contributed by atoms with van der Waals surface area (Å²) in [5, 5.41) is 8.88. The van der Waals surface area contributed by atoms with Crippen LogP contribution in [0.3, 0.4) is 0 Å². The van der Waals surface area contributed by atoms with Gasteiger partial charge in [-0.15, -0.1) is 0 Å². The summed E-state index contributed by atoms with van der Waals surface area (Å²) in [5.74, 6) is 0.265. The Hall–Kier alpha value is -2.91. The fraction of sp³-hybridized carbons (Fsp3) is 0.333. The number of rotatable bonds is 8. The normalized spacial score (nSPS) is 10.5. The first-order valence-electron chi connectivity index (χ1n) is 8.69. The summed E-state index contributed by atoms with van der Waals surface area (Å²) < 4.78 is 18.6. The van der Waals surface area contributed by atoms with E-state index in [9.17, 15) is 9.18 Å². The molecule has 0 aliphatic rings. The number of methoxy groups -OCH3 is 1. The SMILES string of the molecule is COc1ccc(C)cc1CN(C)CC(=O)N(CCC#N)c1ccc(F)cc1. The Morgan fingerprint density at radius 1 is 1.22 bits per heavy atom. The van der Waals surface area contributed by atoms with Gasteiger partial charge in [0, 0.05) is 24.3 Å². The van der Waals surface area contributed by atoms with Crippen molar-refractivity contribution in [1.29, 1.82) is 5.26 Å². The molecule has 0 bridgehead atoms. The molecule has 6 heteroatoms. The average Bonchev–Trinajstić information content (AvgIpc) is 2.63. The number of hydrogen-bond donors (Lipinski definition) is 0. The quantitative estimate of drug-likeness (QED) is 0.714. The summed E-state index contributed by atoms with van der Waals surface area (Å²) in [7, 11) is 3.48. The van der Waals surface area contributed by atoms with Gasteiger partial charge in [0.15, 0.2) is 0 Å². The summed E-state index contributed by atoms with van der Waals surface area (Å²) in [6, 6.07) is 13.7. The van der Waals surface area contributed by atoms with E-state index >= 15 is 0 Å². The van der Waals surface area contributed by atoms with Gasteiger partial charge in [-0.2, -0.15) is 5.26 Å². The second-order valence-corrected chi connectivity index (χ2v) is 6.42. The summed E-state index contributed by atoms with van der Waals surface area (Å²) in [6.07, 6.45) is 0.207. The van der Waals surface area contributed by atoms with E-state index in [2.05, 4.69) is 6.07 Å². The average molecular weight is 369 g/mol. The molecule has 5 nitrogen and oxygen atoms in total. The highest BCUT2D eigenvalue weighted by molar-refractivity contribution is 5.94. The molecule has 0 N–H and O–H groups in total. The van der Waals surface area contributed by atoms with Crippen molar-refractivity contribution in [2.24, 2.45) is 0 Å². The molecule has 0 saturated heterocycles. The van der Waals surface area contributed by atoms with Crippen LogP contribution < -0.4 is 9.64 Å². The van der Waals surface area contributed by atoms with Gasteiger partial charge in [0.25, 0.3) is 0 Å². The molecule has 0 heterocycles. The lowest BCUT2D eigenvalue weighted by Gasteiger charge is -2.25. The first-order valence-corrected chi connectivity index (χ1v) is 8.69. The van der Waals surface area contributed by atoms with Crippen molar-refractivity contribution >= 4 is 11.6 Å². The zero-order chi connectivity index (χ0) is 19.8. The Kier molecular flexibility index (Phi) is 7.33. The van der Waals surface area contributed by atoms with Gasteiger partial charge in [-0.1, -0.05) is 17.7 Å². The number of anilines is 1. The number of likely N-dealkylation sites (N-methyl/N-ethyl adjacent to an activating group) is 1. The highest BCUT2D eigenvalue weighted by Gasteiger charge is 2.18. The third kappa shape index (κ3) is 5.80. The molecule has 0 aromatic heterocycles. The van der Waals surface area contributed by atoms with Gasteiger partial charge in [0.2, 0.25) is 5.91 Å². The summed E-state index contributed by atoms with van der Waals surface area (Å²) in [4.78, 5) is 16.2. The van der Waals surface area contributed by atoms with Crippen molar-refractivity contribution in [2.75, 3.05) is 32.1 Å². The number of carbonyl (C=O) groups excluding carboxylic acids is 1. The minimum absolute atomic E-state index is 0.147. The predicted octanol–water partition coefficient (Wildman–Crippen LogP) is 3.52. The molecule has 2 aromatic carbocycles. The highest BCUT2D eigenvalue weighted by atomic mass is 19.1. The Labute approximate surface area is 159 Å². The zero-order valence-electron chi connectivity index (χ0n) is 15.9. The molecule has 2 rings (SSSR count). The van der Waals surface area contributed by atoms with Crippen LogP contribution >= 0.6 is 0 Å². The van der Waals surface area contributed by atoms with E-state index in [1.807, 2.05) is 37.1 Å². The van der Waals surface area contributed by atoms with Crippen LogP contribution in [0, 0.1) is 24.1 Å². The Balaban J connectivity index is 2.10. The van der Waals surface area contributed by atoms with Gasteiger partial charge >= 0.3 is 0 Å². The third-order valence-corrected chi connectivity index (χ3v) is 4.17. The molecule has 0 aliphatic carbocycles. The second kappa shape index (κ2) is 9.70. The molecule has 2 aromatic rings. The minimum Gasteiger partial charge on any atom is -0.496 e. The smallest absolute Gasteiger partial charge is 0.241 e. The van der Waals surface area contributed by atoms with Crippen LogP contribution in [0.2, 0.25) is 0 Å². The second-order valence-electron chi connectivity index (χ2n) is 6.42. The molecule has 0 spiro atoms. The van der Waals surface area contributed by atoms with Crippen LogP contribution in [0.1, 0.15) is 17.5 Å². The molecular formula is C21H24FN3O2. The van der Waals surface area contributed by atoms with E-state index in [4.69, 9.17) is 10.00 Å². The first-order chi connectivity index (χ1) is 12.9. The molecular weight excluding hydrogens is 345 g/mol. The van der Waals surface area contributed by atoms with E-state index in [0.29, 0.717) is 12.2 Å². The van der Waals surface area contributed by atoms with Crippen molar-refractivity contribution in [3.8, 4) is 11.8 Å². The van der Waals surface area contributed by atoms with E-state index in [-0.39, 0.29) is 31.2 Å². The number of hydrogen-bond acceptors (Lipinski definition) is 4. The Morgan fingerprint density at radius 2 is 1.93 bits per heavy atom. The van der Waals surface area contributed by atoms with Crippen LogP contribution in [0.4, 0.5) is 10.1 Å². The first kappa shape index (κ1) is 20.4. The number of amides is 1. The standard InChI is InChI=1S/C21H24FN3O2/c1-16-5-10-20(27-3)17(13-16)14-24(2)15-21(26)25(12-4-11-23)19-8-6-18(22)7-9-19/h5-10,13H,4,12,14-15H2,1-3H3. The third-order valence-electron chi connectivity index (χ3n) is 4.17. The molecule has 27 heavy (non-hydrogen) atoms. The highest BCUT2D eigenvalue weighted by Crippen LogP contribution is 2.21. The van der Waals surface area contributed by atoms with Crippen molar-refractivity contribution < 1.29 is 13.9 Å². The van der Waals surface area contributed by atoms with E-state index in [0.717, 1.165) is 16.9 Å². The van der Waals surface area contributed by atoms with E-state index < -0.39 is 0 Å². The van der Waals surface area contributed by atoms with Gasteiger partial charge in [-0.25, -0.2) is 4.39 Å². The number of nitrogens with zero attached hydrogens (tertiary/aromatic N) is 3. The maximum atomic E-state index is 13.2. The zero-order valence-corrected chi connectivity index (χ0v) is 15.9. The number of nitriles is 1. The lowest BCUT2D eigenvalue weighted by Crippen LogP contribution is -2.39. The van der Waals surface area contributed by atoms with Crippen LogP contribution in [0.25, 0.3) is 0 Å². The monoisotopic (exact) mass is 369 g/mol. The summed E-state index contributed by atoms with van der Waals surface area (Å²) in [5.41, 5.74) is 2.70. The molecule has 1 amide bonds. The van der Waals surface area contributed by atoms with Crippen LogP contribution in [0.15, 0.2) is 42.5 Å². The van der Waals surface area contributed by atoms with Gasteiger partial charge in [0.1, 0.15) is 11.6 Å². The van der Waals surface area contributed by atoms with E-state index in [1.165, 1.54) is 17.0 Å². The van der Waals surface area contributed by atoms with Gasteiger partial charge < -0.3 is 9.64 Å². The number of ether oxygens (including phenoxy) is 1. The molecule has 142 valence electrons. The molecule has 0 fully saturated rings. The van der Waals surface area contributed by atoms with E-state index in [1.54, 1.807) is 19.2 Å². The van der Waals surface area contributed by atoms with Crippen molar-refractivity contribution in [3.63, 3.8) is 0 Å². The number of aryl methyl sites for hydroxylation is 1. The van der Waals surface area contributed by atoms with Crippen molar-refractivity contribution in [3.05, 3.63) is 59.4 Å². The fourth-order valence-electron chi connectivity index (χ4n) is 2.87. The summed E-state index contributed by atoms with van der Waals surface area (Å²) in [6.45, 7) is 2.99. The number of benzene rings is 2. The summed E-state index contributed by atoms with van der Waals surface area (Å²) >= 11 is 0. The molecule has 0 aliphatic heterocycles. The molecule has 0 atom stereocenters. The molecule has 0 radical (unpaired) electrons. The van der Waals surface area contributed by atoms with Crippen molar-refractivity contribution in [1.82, 2.24) is 4.90 Å². The fourth-order valence-corrected chi connectivity index (χ4v) is 2.87. The molecule has 0 unspecified atom stereocenters. The maximum Gasteiger partial charge on any atom is 0.241 e.